The Balaban J connectivity index is 2.03. The molecule has 2 aliphatic carbocycles. The second-order valence-corrected chi connectivity index (χ2v) is 6.83. The topological polar surface area (TPSA) is 37.3 Å². The van der Waals surface area contributed by atoms with Gasteiger partial charge in [-0.05, 0) is 37.0 Å². The molecule has 2 nitrogen and oxygen atoms in total. The van der Waals surface area contributed by atoms with Crippen molar-refractivity contribution in [2.75, 3.05) is 0 Å². The number of rotatable bonds is 4. The maximum Gasteiger partial charge on any atom is 0.306 e. The van der Waals surface area contributed by atoms with Crippen molar-refractivity contribution in [3.63, 3.8) is 0 Å². The van der Waals surface area contributed by atoms with E-state index in [4.69, 9.17) is 0 Å². The van der Waals surface area contributed by atoms with E-state index in [2.05, 4.69) is 6.92 Å². The summed E-state index contributed by atoms with van der Waals surface area (Å²) >= 11 is 0. The van der Waals surface area contributed by atoms with Crippen LogP contribution in [0.1, 0.15) is 77.6 Å². The summed E-state index contributed by atoms with van der Waals surface area (Å²) in [5.41, 5.74) is 0. The van der Waals surface area contributed by atoms with E-state index in [1.165, 1.54) is 57.8 Å². The van der Waals surface area contributed by atoms with Crippen molar-refractivity contribution in [3.8, 4) is 0 Å². The predicted octanol–water partition coefficient (Wildman–Crippen LogP) is 4.87. The van der Waals surface area contributed by atoms with Gasteiger partial charge in [0.25, 0.3) is 0 Å². The first-order valence-electron chi connectivity index (χ1n) is 8.45. The molecule has 0 aliphatic heterocycles. The molecule has 0 spiro atoms. The predicted molar refractivity (Wildman–Crippen MR) is 78.1 cm³/mol. The Morgan fingerprint density at radius 2 is 1.74 bits per heavy atom. The van der Waals surface area contributed by atoms with Crippen LogP contribution in [0.5, 0.6) is 0 Å². The zero-order chi connectivity index (χ0) is 13.7. The Morgan fingerprint density at radius 3 is 2.32 bits per heavy atom. The summed E-state index contributed by atoms with van der Waals surface area (Å²) in [5, 5.41) is 9.53. The lowest BCUT2D eigenvalue weighted by Crippen LogP contribution is -2.35. The second kappa shape index (κ2) is 7.31. The van der Waals surface area contributed by atoms with E-state index in [0.29, 0.717) is 11.8 Å². The van der Waals surface area contributed by atoms with E-state index in [-0.39, 0.29) is 5.92 Å². The van der Waals surface area contributed by atoms with Gasteiger partial charge in [0, 0.05) is 0 Å². The Labute approximate surface area is 118 Å². The van der Waals surface area contributed by atoms with E-state index in [1.54, 1.807) is 0 Å². The molecule has 3 atom stereocenters. The highest BCUT2D eigenvalue weighted by atomic mass is 16.4. The Hall–Kier alpha value is -0.530. The van der Waals surface area contributed by atoms with Gasteiger partial charge in [-0.15, -0.1) is 0 Å². The van der Waals surface area contributed by atoms with Gasteiger partial charge < -0.3 is 5.11 Å². The van der Waals surface area contributed by atoms with Gasteiger partial charge in [0.1, 0.15) is 0 Å². The third kappa shape index (κ3) is 3.97. The smallest absolute Gasteiger partial charge is 0.306 e. The van der Waals surface area contributed by atoms with Crippen LogP contribution in [-0.4, -0.2) is 11.1 Å². The van der Waals surface area contributed by atoms with Gasteiger partial charge in [-0.1, -0.05) is 58.3 Å². The fraction of sp³-hybridized carbons (Fsp3) is 0.941. The molecule has 0 heterocycles. The summed E-state index contributed by atoms with van der Waals surface area (Å²) in [4.78, 5) is 11.6. The van der Waals surface area contributed by atoms with E-state index >= 15 is 0 Å². The third-order valence-electron chi connectivity index (χ3n) is 5.53. The summed E-state index contributed by atoms with van der Waals surface area (Å²) in [6.45, 7) is 2.25. The lowest BCUT2D eigenvalue weighted by Gasteiger charge is -2.38. The molecule has 2 aliphatic rings. The fourth-order valence-electron chi connectivity index (χ4n) is 4.53. The van der Waals surface area contributed by atoms with Crippen molar-refractivity contribution in [1.82, 2.24) is 0 Å². The lowest BCUT2D eigenvalue weighted by molar-refractivity contribution is -0.146. The molecule has 3 unspecified atom stereocenters. The third-order valence-corrected chi connectivity index (χ3v) is 5.53. The summed E-state index contributed by atoms with van der Waals surface area (Å²) in [5.74, 6) is 1.40. The molecule has 2 heteroatoms. The van der Waals surface area contributed by atoms with Crippen LogP contribution in [-0.2, 0) is 4.79 Å². The molecule has 0 radical (unpaired) electrons. The molecule has 2 fully saturated rings. The highest BCUT2D eigenvalue weighted by Crippen LogP contribution is 2.44. The molecule has 0 aromatic carbocycles. The quantitative estimate of drug-likeness (QED) is 0.737. The van der Waals surface area contributed by atoms with Crippen LogP contribution in [0, 0.1) is 23.7 Å². The number of hydrogen-bond acceptors (Lipinski definition) is 1. The highest BCUT2D eigenvalue weighted by Gasteiger charge is 2.38. The largest absolute Gasteiger partial charge is 0.481 e. The molecule has 110 valence electrons. The zero-order valence-electron chi connectivity index (χ0n) is 12.4. The summed E-state index contributed by atoms with van der Waals surface area (Å²) < 4.78 is 0. The number of hydrogen-bond donors (Lipinski definition) is 1. The maximum absolute atomic E-state index is 11.6. The lowest BCUT2D eigenvalue weighted by atomic mass is 9.66. The Bertz CT molecular complexity index is 279. The fourth-order valence-corrected chi connectivity index (χ4v) is 4.53. The average molecular weight is 266 g/mol. The van der Waals surface area contributed by atoms with Crippen molar-refractivity contribution in [3.05, 3.63) is 0 Å². The van der Waals surface area contributed by atoms with Gasteiger partial charge in [0.05, 0.1) is 5.92 Å². The van der Waals surface area contributed by atoms with Crippen molar-refractivity contribution in [2.24, 2.45) is 23.7 Å². The van der Waals surface area contributed by atoms with E-state index in [0.717, 1.165) is 18.8 Å². The first-order chi connectivity index (χ1) is 9.22. The molecular formula is C17H30O2. The number of carboxylic acid groups (broad SMARTS) is 1. The molecule has 0 saturated heterocycles. The van der Waals surface area contributed by atoms with Crippen LogP contribution in [0.3, 0.4) is 0 Å². The van der Waals surface area contributed by atoms with E-state index < -0.39 is 5.97 Å². The molecular weight excluding hydrogens is 236 g/mol. The SMILES string of the molecule is CCCC1CCC(C(=O)O)C(C2CCCCCC2)C1. The zero-order valence-corrected chi connectivity index (χ0v) is 12.4. The Morgan fingerprint density at radius 1 is 1.05 bits per heavy atom. The summed E-state index contributed by atoms with van der Waals surface area (Å²) in [7, 11) is 0. The molecule has 2 rings (SSSR count). The summed E-state index contributed by atoms with van der Waals surface area (Å²) in [6, 6.07) is 0. The molecule has 19 heavy (non-hydrogen) atoms. The van der Waals surface area contributed by atoms with Crippen LogP contribution < -0.4 is 0 Å². The van der Waals surface area contributed by atoms with Gasteiger partial charge in [0.15, 0.2) is 0 Å². The van der Waals surface area contributed by atoms with Gasteiger partial charge in [-0.2, -0.15) is 0 Å². The second-order valence-electron chi connectivity index (χ2n) is 6.83. The minimum absolute atomic E-state index is 0.0452. The van der Waals surface area contributed by atoms with Crippen molar-refractivity contribution < 1.29 is 9.90 Å². The molecule has 0 amide bonds. The first kappa shape index (κ1) is 14.9. The van der Waals surface area contributed by atoms with Gasteiger partial charge in [-0.25, -0.2) is 0 Å². The maximum atomic E-state index is 11.6. The van der Waals surface area contributed by atoms with Crippen LogP contribution in [0.15, 0.2) is 0 Å². The molecule has 0 aromatic rings. The highest BCUT2D eigenvalue weighted by molar-refractivity contribution is 5.70. The van der Waals surface area contributed by atoms with Gasteiger partial charge >= 0.3 is 5.97 Å². The van der Waals surface area contributed by atoms with Crippen LogP contribution >= 0.6 is 0 Å². The summed E-state index contributed by atoms with van der Waals surface area (Å²) in [6.07, 6.45) is 13.8. The Kier molecular flexibility index (Phi) is 5.72. The normalized spacial score (nSPS) is 33.8. The molecule has 1 N–H and O–H groups in total. The molecule has 0 aromatic heterocycles. The van der Waals surface area contributed by atoms with E-state index in [1.807, 2.05) is 0 Å². The minimum atomic E-state index is -0.524. The monoisotopic (exact) mass is 266 g/mol. The number of aliphatic carboxylic acids is 1. The van der Waals surface area contributed by atoms with Crippen molar-refractivity contribution >= 4 is 5.97 Å². The number of carbonyl (C=O) groups is 1. The van der Waals surface area contributed by atoms with Gasteiger partial charge in [0.2, 0.25) is 0 Å². The minimum Gasteiger partial charge on any atom is -0.481 e. The van der Waals surface area contributed by atoms with Crippen LogP contribution in [0.2, 0.25) is 0 Å². The van der Waals surface area contributed by atoms with E-state index in [9.17, 15) is 9.90 Å². The molecule has 2 saturated carbocycles. The van der Waals surface area contributed by atoms with Crippen LogP contribution in [0.25, 0.3) is 0 Å². The first-order valence-corrected chi connectivity index (χ1v) is 8.45. The number of carboxylic acids is 1. The average Bonchev–Trinajstić information content (AvgIpc) is 2.67. The molecule has 0 bridgehead atoms. The van der Waals surface area contributed by atoms with Gasteiger partial charge in [-0.3, -0.25) is 4.79 Å². The van der Waals surface area contributed by atoms with Crippen molar-refractivity contribution in [1.29, 1.82) is 0 Å². The standard InChI is InChI=1S/C17H30O2/c1-2-7-13-10-11-15(17(18)19)16(12-13)14-8-5-3-4-6-9-14/h13-16H,2-12H2,1H3,(H,18,19). The van der Waals surface area contributed by atoms with Crippen LogP contribution in [0.4, 0.5) is 0 Å². The van der Waals surface area contributed by atoms with Crippen molar-refractivity contribution in [2.45, 2.75) is 77.6 Å².